The number of nitrogens with zero attached hydrogens (tertiary/aromatic N) is 2. The van der Waals surface area contributed by atoms with Crippen molar-refractivity contribution in [3.8, 4) is 5.75 Å². The van der Waals surface area contributed by atoms with Crippen molar-refractivity contribution >= 4 is 34.4 Å². The van der Waals surface area contributed by atoms with Crippen LogP contribution in [-0.4, -0.2) is 32.4 Å². The summed E-state index contributed by atoms with van der Waals surface area (Å²) in [4.78, 5) is 19.6. The van der Waals surface area contributed by atoms with Crippen molar-refractivity contribution in [2.75, 3.05) is 5.75 Å². The molecule has 128 valence electrons. The van der Waals surface area contributed by atoms with Crippen LogP contribution in [0.2, 0.25) is 0 Å². The Bertz CT molecular complexity index is 870. The Balaban J connectivity index is 1.58. The standard InChI is InChI=1S/C18H18N4O2S/c1-2-14(12-7-9-13(23)10-8-12)21-22-17(24)11-25-18-19-15-5-3-4-6-16(15)20-18/h3-10,23H,2,11H2,1H3,(H,19,20)(H,22,24)/b21-14+. The molecule has 0 saturated carbocycles. The number of phenols is 1. The summed E-state index contributed by atoms with van der Waals surface area (Å²) >= 11 is 1.33. The minimum Gasteiger partial charge on any atom is -0.508 e. The summed E-state index contributed by atoms with van der Waals surface area (Å²) < 4.78 is 0. The lowest BCUT2D eigenvalue weighted by Crippen LogP contribution is -2.21. The van der Waals surface area contributed by atoms with Gasteiger partial charge in [0, 0.05) is 0 Å². The lowest BCUT2D eigenvalue weighted by atomic mass is 10.1. The molecule has 0 unspecified atom stereocenters. The highest BCUT2D eigenvalue weighted by molar-refractivity contribution is 7.99. The zero-order valence-electron chi connectivity index (χ0n) is 13.7. The number of para-hydroxylation sites is 2. The molecule has 0 bridgehead atoms. The van der Waals surface area contributed by atoms with Gasteiger partial charge in [-0.05, 0) is 48.4 Å². The van der Waals surface area contributed by atoms with Crippen LogP contribution in [0.5, 0.6) is 5.75 Å². The van der Waals surface area contributed by atoms with Gasteiger partial charge in [0.1, 0.15) is 5.75 Å². The van der Waals surface area contributed by atoms with E-state index in [0.29, 0.717) is 11.6 Å². The molecule has 6 nitrogen and oxygen atoms in total. The molecule has 0 radical (unpaired) electrons. The number of hydrogen-bond acceptors (Lipinski definition) is 5. The first-order valence-corrected chi connectivity index (χ1v) is 8.86. The third-order valence-corrected chi connectivity index (χ3v) is 4.43. The van der Waals surface area contributed by atoms with E-state index in [1.54, 1.807) is 24.3 Å². The predicted octanol–water partition coefficient (Wildman–Crippen LogP) is 3.29. The molecule has 0 fully saturated rings. The second-order valence-corrected chi connectivity index (χ2v) is 6.31. The number of hydrazone groups is 1. The zero-order chi connectivity index (χ0) is 17.6. The van der Waals surface area contributed by atoms with Gasteiger partial charge in [-0.3, -0.25) is 4.79 Å². The smallest absolute Gasteiger partial charge is 0.250 e. The molecule has 0 atom stereocenters. The maximum absolute atomic E-state index is 12.0. The average molecular weight is 354 g/mol. The number of carbonyl (C=O) groups is 1. The first-order valence-electron chi connectivity index (χ1n) is 7.88. The predicted molar refractivity (Wildman–Crippen MR) is 99.9 cm³/mol. The molecule has 0 spiro atoms. The van der Waals surface area contributed by atoms with Crippen molar-refractivity contribution in [2.24, 2.45) is 5.10 Å². The van der Waals surface area contributed by atoms with Gasteiger partial charge in [-0.15, -0.1) is 0 Å². The Morgan fingerprint density at radius 1 is 1.24 bits per heavy atom. The summed E-state index contributed by atoms with van der Waals surface area (Å²) in [6.07, 6.45) is 0.668. The molecule has 1 aromatic heterocycles. The third-order valence-electron chi connectivity index (χ3n) is 3.56. The van der Waals surface area contributed by atoms with Gasteiger partial charge in [-0.1, -0.05) is 30.8 Å². The van der Waals surface area contributed by atoms with Crippen LogP contribution in [0.3, 0.4) is 0 Å². The lowest BCUT2D eigenvalue weighted by Gasteiger charge is -2.05. The largest absolute Gasteiger partial charge is 0.508 e. The lowest BCUT2D eigenvalue weighted by molar-refractivity contribution is -0.118. The number of phenolic OH excluding ortho intramolecular Hbond substituents is 1. The Morgan fingerprint density at radius 3 is 2.72 bits per heavy atom. The zero-order valence-corrected chi connectivity index (χ0v) is 14.5. The van der Waals surface area contributed by atoms with Crippen LogP contribution >= 0.6 is 11.8 Å². The Kier molecular flexibility index (Phi) is 5.35. The quantitative estimate of drug-likeness (QED) is 0.360. The van der Waals surface area contributed by atoms with E-state index in [4.69, 9.17) is 0 Å². The Hall–Kier alpha value is -2.80. The number of fused-ring (bicyclic) bond motifs is 1. The number of aromatic amines is 1. The number of amides is 1. The Labute approximate surface area is 149 Å². The number of carbonyl (C=O) groups excluding carboxylic acids is 1. The molecule has 1 amide bonds. The van der Waals surface area contributed by atoms with Crippen LogP contribution in [0, 0.1) is 0 Å². The SMILES string of the molecule is CC/C(=N\NC(=O)CSc1nc2ccccc2[nH]1)c1ccc(O)cc1. The molecule has 1 heterocycles. The average Bonchev–Trinajstić information content (AvgIpc) is 3.05. The fourth-order valence-corrected chi connectivity index (χ4v) is 2.97. The van der Waals surface area contributed by atoms with E-state index in [1.165, 1.54) is 11.8 Å². The van der Waals surface area contributed by atoms with Gasteiger partial charge in [0.15, 0.2) is 5.16 Å². The van der Waals surface area contributed by atoms with Crippen molar-refractivity contribution in [3.05, 3.63) is 54.1 Å². The summed E-state index contributed by atoms with van der Waals surface area (Å²) in [6, 6.07) is 14.5. The fourth-order valence-electron chi connectivity index (χ4n) is 2.30. The number of aromatic hydroxyl groups is 1. The molecule has 2 aromatic carbocycles. The van der Waals surface area contributed by atoms with Crippen molar-refractivity contribution in [1.82, 2.24) is 15.4 Å². The normalized spacial score (nSPS) is 11.6. The molecule has 25 heavy (non-hydrogen) atoms. The molecule has 0 aliphatic rings. The highest BCUT2D eigenvalue weighted by Gasteiger charge is 2.07. The third kappa shape index (κ3) is 4.39. The maximum atomic E-state index is 12.0. The van der Waals surface area contributed by atoms with Crippen molar-refractivity contribution in [2.45, 2.75) is 18.5 Å². The maximum Gasteiger partial charge on any atom is 0.250 e. The molecule has 3 N–H and O–H groups in total. The number of rotatable bonds is 6. The van der Waals surface area contributed by atoms with E-state index >= 15 is 0 Å². The number of thioether (sulfide) groups is 1. The molecule has 0 aliphatic carbocycles. The molecular formula is C18H18N4O2S. The second-order valence-electron chi connectivity index (χ2n) is 5.34. The van der Waals surface area contributed by atoms with Gasteiger partial charge in [0.05, 0.1) is 22.5 Å². The number of benzene rings is 2. The number of H-pyrrole nitrogens is 1. The van der Waals surface area contributed by atoms with E-state index in [2.05, 4.69) is 20.5 Å². The van der Waals surface area contributed by atoms with Gasteiger partial charge in [0.2, 0.25) is 0 Å². The number of imidazole rings is 1. The van der Waals surface area contributed by atoms with Gasteiger partial charge in [-0.2, -0.15) is 5.10 Å². The minimum absolute atomic E-state index is 0.199. The van der Waals surface area contributed by atoms with Crippen LogP contribution in [0.15, 0.2) is 58.8 Å². The molecule has 3 rings (SSSR count). The summed E-state index contributed by atoms with van der Waals surface area (Å²) in [7, 11) is 0. The first-order chi connectivity index (χ1) is 12.2. The van der Waals surface area contributed by atoms with Gasteiger partial charge in [0.25, 0.3) is 5.91 Å². The molecule has 3 aromatic rings. The summed E-state index contributed by atoms with van der Waals surface area (Å²) in [5.74, 6) is 0.219. The first kappa shape index (κ1) is 17.0. The number of nitrogens with one attached hydrogen (secondary N) is 2. The van der Waals surface area contributed by atoms with E-state index in [-0.39, 0.29) is 17.4 Å². The molecule has 0 saturated heterocycles. The Morgan fingerprint density at radius 2 is 2.00 bits per heavy atom. The fraction of sp³-hybridized carbons (Fsp3) is 0.167. The van der Waals surface area contributed by atoms with Gasteiger partial charge in [-0.25, -0.2) is 10.4 Å². The molecule has 7 heteroatoms. The van der Waals surface area contributed by atoms with Crippen molar-refractivity contribution in [3.63, 3.8) is 0 Å². The van der Waals surface area contributed by atoms with Crippen LogP contribution in [0.25, 0.3) is 11.0 Å². The molecular weight excluding hydrogens is 336 g/mol. The summed E-state index contributed by atoms with van der Waals surface area (Å²) in [6.45, 7) is 1.96. The van der Waals surface area contributed by atoms with E-state index in [0.717, 1.165) is 22.3 Å². The van der Waals surface area contributed by atoms with Crippen LogP contribution in [-0.2, 0) is 4.79 Å². The number of aromatic nitrogens is 2. The molecule has 0 aliphatic heterocycles. The topological polar surface area (TPSA) is 90.4 Å². The second kappa shape index (κ2) is 7.85. The van der Waals surface area contributed by atoms with E-state index in [1.807, 2.05) is 31.2 Å². The van der Waals surface area contributed by atoms with Gasteiger partial charge >= 0.3 is 0 Å². The van der Waals surface area contributed by atoms with Crippen LogP contribution < -0.4 is 5.43 Å². The van der Waals surface area contributed by atoms with Crippen LogP contribution in [0.4, 0.5) is 0 Å². The van der Waals surface area contributed by atoms with E-state index < -0.39 is 0 Å². The minimum atomic E-state index is -0.199. The highest BCUT2D eigenvalue weighted by Crippen LogP contribution is 2.18. The highest BCUT2D eigenvalue weighted by atomic mass is 32.2. The summed E-state index contributed by atoms with van der Waals surface area (Å²) in [5, 5.41) is 14.2. The number of hydrogen-bond donors (Lipinski definition) is 3. The monoisotopic (exact) mass is 354 g/mol. The van der Waals surface area contributed by atoms with Crippen LogP contribution in [0.1, 0.15) is 18.9 Å². The van der Waals surface area contributed by atoms with Crippen molar-refractivity contribution < 1.29 is 9.90 Å². The summed E-state index contributed by atoms with van der Waals surface area (Å²) in [5.41, 5.74) is 6.02. The van der Waals surface area contributed by atoms with Crippen molar-refractivity contribution in [1.29, 1.82) is 0 Å². The van der Waals surface area contributed by atoms with E-state index in [9.17, 15) is 9.90 Å². The van der Waals surface area contributed by atoms with Gasteiger partial charge < -0.3 is 10.1 Å².